The molecule has 0 aliphatic carbocycles. The monoisotopic (exact) mass is 448 g/mol. The minimum atomic E-state index is -0.580. The third-order valence-corrected chi connectivity index (χ3v) is 6.46. The van der Waals surface area contributed by atoms with Gasteiger partial charge in [-0.05, 0) is 42.7 Å². The van der Waals surface area contributed by atoms with E-state index in [1.807, 2.05) is 54.3 Å². The molecule has 0 bridgehead atoms. The lowest BCUT2D eigenvalue weighted by molar-refractivity contribution is -0.128. The van der Waals surface area contributed by atoms with Crippen LogP contribution in [0, 0.1) is 11.7 Å². The van der Waals surface area contributed by atoms with Crippen molar-refractivity contribution in [1.82, 2.24) is 10.2 Å². The van der Waals surface area contributed by atoms with Gasteiger partial charge in [0, 0.05) is 37.2 Å². The van der Waals surface area contributed by atoms with Gasteiger partial charge in [0.05, 0.1) is 6.04 Å². The minimum Gasteiger partial charge on any atom is -0.375 e. The first-order valence-corrected chi connectivity index (χ1v) is 11.3. The van der Waals surface area contributed by atoms with Gasteiger partial charge < -0.3 is 15.0 Å². The highest BCUT2D eigenvalue weighted by Gasteiger charge is 2.31. The van der Waals surface area contributed by atoms with E-state index in [1.54, 1.807) is 18.2 Å². The van der Waals surface area contributed by atoms with Crippen molar-refractivity contribution < 1.29 is 18.7 Å². The molecule has 3 aromatic carbocycles. The number of methoxy groups -OCH3 is 1. The Balaban J connectivity index is 1.37. The van der Waals surface area contributed by atoms with E-state index in [9.17, 15) is 14.0 Å². The van der Waals surface area contributed by atoms with E-state index < -0.39 is 12.1 Å². The first-order valence-electron chi connectivity index (χ1n) is 11.3. The third kappa shape index (κ3) is 4.91. The molecule has 1 N–H and O–H groups in total. The summed E-state index contributed by atoms with van der Waals surface area (Å²) in [7, 11) is 1.51. The number of fused-ring (bicyclic) bond motifs is 1. The summed E-state index contributed by atoms with van der Waals surface area (Å²) in [6, 6.07) is 19.7. The van der Waals surface area contributed by atoms with Crippen LogP contribution < -0.4 is 5.32 Å². The molecule has 0 saturated carbocycles. The number of ether oxygens (including phenoxy) is 1. The summed E-state index contributed by atoms with van der Waals surface area (Å²) in [5.74, 6) is -0.635. The van der Waals surface area contributed by atoms with Gasteiger partial charge in [0.25, 0.3) is 5.91 Å². The third-order valence-electron chi connectivity index (χ3n) is 6.46. The van der Waals surface area contributed by atoms with Crippen LogP contribution in [0.4, 0.5) is 4.39 Å². The van der Waals surface area contributed by atoms with Gasteiger partial charge in [-0.1, -0.05) is 54.6 Å². The smallest absolute Gasteiger partial charge is 0.254 e. The number of rotatable bonds is 6. The van der Waals surface area contributed by atoms with Gasteiger partial charge in [0.1, 0.15) is 11.9 Å². The summed E-state index contributed by atoms with van der Waals surface area (Å²) < 4.78 is 19.7. The van der Waals surface area contributed by atoms with Gasteiger partial charge in [0.2, 0.25) is 5.91 Å². The Morgan fingerprint density at radius 3 is 2.39 bits per heavy atom. The first kappa shape index (κ1) is 22.9. The van der Waals surface area contributed by atoms with Gasteiger partial charge in [-0.3, -0.25) is 9.59 Å². The molecule has 172 valence electrons. The normalized spacial score (nSPS) is 16.4. The molecule has 0 aromatic heterocycles. The van der Waals surface area contributed by atoms with E-state index in [0.29, 0.717) is 37.1 Å². The highest BCUT2D eigenvalue weighted by Crippen LogP contribution is 2.26. The fourth-order valence-corrected chi connectivity index (χ4v) is 4.65. The molecule has 4 rings (SSSR count). The van der Waals surface area contributed by atoms with E-state index in [1.165, 1.54) is 13.2 Å². The molecule has 2 atom stereocenters. The summed E-state index contributed by atoms with van der Waals surface area (Å²) in [5, 5.41) is 4.97. The largest absolute Gasteiger partial charge is 0.375 e. The molecule has 1 heterocycles. The van der Waals surface area contributed by atoms with Crippen LogP contribution in [0.15, 0.2) is 66.7 Å². The Labute approximate surface area is 193 Å². The van der Waals surface area contributed by atoms with Gasteiger partial charge in [-0.15, -0.1) is 0 Å². The second kappa shape index (κ2) is 10.1. The van der Waals surface area contributed by atoms with E-state index in [2.05, 4.69) is 5.32 Å². The number of benzene rings is 3. The Morgan fingerprint density at radius 2 is 1.67 bits per heavy atom. The molecule has 1 saturated heterocycles. The molecule has 3 aromatic rings. The number of halogens is 1. The summed E-state index contributed by atoms with van der Waals surface area (Å²) in [4.78, 5) is 27.9. The second-order valence-corrected chi connectivity index (χ2v) is 8.57. The van der Waals surface area contributed by atoms with E-state index in [4.69, 9.17) is 4.74 Å². The fourth-order valence-electron chi connectivity index (χ4n) is 4.65. The van der Waals surface area contributed by atoms with Crippen LogP contribution >= 0.6 is 0 Å². The zero-order valence-electron chi connectivity index (χ0n) is 19.0. The Kier molecular flexibility index (Phi) is 7.04. The number of carbonyl (C=O) groups is 2. The number of hydrogen-bond acceptors (Lipinski definition) is 3. The molecular weight excluding hydrogens is 419 g/mol. The van der Waals surface area contributed by atoms with E-state index in [-0.39, 0.29) is 23.5 Å². The Bertz CT molecular complexity index is 1140. The summed E-state index contributed by atoms with van der Waals surface area (Å²) in [5.41, 5.74) is 1.11. The van der Waals surface area contributed by atoms with Crippen LogP contribution in [0.2, 0.25) is 0 Å². The predicted molar refractivity (Wildman–Crippen MR) is 126 cm³/mol. The molecular formula is C27H29FN2O3. The highest BCUT2D eigenvalue weighted by atomic mass is 19.1. The highest BCUT2D eigenvalue weighted by molar-refractivity contribution is 6.07. The fraction of sp³-hybridized carbons (Fsp3) is 0.333. The minimum absolute atomic E-state index is 0.00183. The molecule has 1 fully saturated rings. The molecule has 0 radical (unpaired) electrons. The summed E-state index contributed by atoms with van der Waals surface area (Å²) >= 11 is 0. The van der Waals surface area contributed by atoms with Gasteiger partial charge in [-0.25, -0.2) is 4.39 Å². The van der Waals surface area contributed by atoms with Crippen LogP contribution in [0.3, 0.4) is 0 Å². The Hall–Kier alpha value is -3.25. The van der Waals surface area contributed by atoms with Gasteiger partial charge in [-0.2, -0.15) is 0 Å². The number of nitrogens with zero attached hydrogens (tertiary/aromatic N) is 1. The van der Waals surface area contributed by atoms with Crippen LogP contribution in [0.1, 0.15) is 41.8 Å². The molecule has 1 aliphatic rings. The van der Waals surface area contributed by atoms with E-state index >= 15 is 0 Å². The van der Waals surface area contributed by atoms with Crippen LogP contribution in [0.25, 0.3) is 10.8 Å². The lowest BCUT2D eigenvalue weighted by atomic mass is 9.94. The lowest BCUT2D eigenvalue weighted by Gasteiger charge is -2.33. The van der Waals surface area contributed by atoms with Crippen molar-refractivity contribution in [1.29, 1.82) is 0 Å². The average molecular weight is 449 g/mol. The van der Waals surface area contributed by atoms with Crippen molar-refractivity contribution in [3.8, 4) is 0 Å². The van der Waals surface area contributed by atoms with Gasteiger partial charge >= 0.3 is 0 Å². The second-order valence-electron chi connectivity index (χ2n) is 8.57. The van der Waals surface area contributed by atoms with Crippen molar-refractivity contribution in [3.63, 3.8) is 0 Å². The quantitative estimate of drug-likeness (QED) is 0.594. The predicted octanol–water partition coefficient (Wildman–Crippen LogP) is 4.72. The SMILES string of the molecule is CO[C@H](c1ccccc1F)[C@@H](C)NC(=O)C1CCN(C(=O)c2cccc3ccccc23)CC1. The number of amides is 2. The van der Waals surface area contributed by atoms with Crippen molar-refractivity contribution in [3.05, 3.63) is 83.7 Å². The molecule has 2 amide bonds. The number of nitrogens with one attached hydrogen (secondary N) is 1. The molecule has 33 heavy (non-hydrogen) atoms. The Morgan fingerprint density at radius 1 is 1.00 bits per heavy atom. The maximum Gasteiger partial charge on any atom is 0.254 e. The maximum absolute atomic E-state index is 14.2. The summed E-state index contributed by atoms with van der Waals surface area (Å²) in [6.45, 7) is 2.86. The number of piperidine rings is 1. The average Bonchev–Trinajstić information content (AvgIpc) is 2.85. The van der Waals surface area contributed by atoms with Gasteiger partial charge in [0.15, 0.2) is 0 Å². The number of likely N-dealkylation sites (tertiary alicyclic amines) is 1. The first-order chi connectivity index (χ1) is 16.0. The van der Waals surface area contributed by atoms with Crippen LogP contribution in [-0.4, -0.2) is 43.0 Å². The molecule has 0 unspecified atom stereocenters. The van der Waals surface area contributed by atoms with Crippen molar-refractivity contribution in [2.45, 2.75) is 31.9 Å². The van der Waals surface area contributed by atoms with Crippen LogP contribution in [0.5, 0.6) is 0 Å². The number of carbonyl (C=O) groups excluding carboxylic acids is 2. The molecule has 6 heteroatoms. The summed E-state index contributed by atoms with van der Waals surface area (Å²) in [6.07, 6.45) is 0.599. The van der Waals surface area contributed by atoms with Crippen LogP contribution in [-0.2, 0) is 9.53 Å². The van der Waals surface area contributed by atoms with Crippen molar-refractivity contribution in [2.24, 2.45) is 5.92 Å². The lowest BCUT2D eigenvalue weighted by Crippen LogP contribution is -2.46. The molecule has 1 aliphatic heterocycles. The molecule has 5 nitrogen and oxygen atoms in total. The number of hydrogen-bond donors (Lipinski definition) is 1. The topological polar surface area (TPSA) is 58.6 Å². The standard InChI is InChI=1S/C27H29FN2O3/c1-18(25(33-2)23-11-5-6-13-24(23)28)29-26(31)20-14-16-30(17-15-20)27(32)22-12-7-9-19-8-3-4-10-21(19)22/h3-13,18,20,25H,14-17H2,1-2H3,(H,29,31)/t18-,25+/m1/s1. The zero-order chi connectivity index (χ0) is 23.4. The maximum atomic E-state index is 14.2. The van der Waals surface area contributed by atoms with Crippen molar-refractivity contribution in [2.75, 3.05) is 20.2 Å². The van der Waals surface area contributed by atoms with E-state index in [0.717, 1.165) is 10.8 Å². The zero-order valence-corrected chi connectivity index (χ0v) is 19.0. The van der Waals surface area contributed by atoms with Crippen molar-refractivity contribution >= 4 is 22.6 Å². The molecule has 0 spiro atoms.